The third-order valence-electron chi connectivity index (χ3n) is 5.00. The molecule has 0 radical (unpaired) electrons. The lowest BCUT2D eigenvalue weighted by atomic mass is 9.97. The number of benzene rings is 3. The average Bonchev–Trinajstić information content (AvgIpc) is 2.65. The first-order valence-electron chi connectivity index (χ1n) is 8.85. The lowest BCUT2D eigenvalue weighted by molar-refractivity contribution is -0.137. The van der Waals surface area contributed by atoms with Crippen LogP contribution in [-0.4, -0.2) is 23.9 Å². The molecule has 1 amide bonds. The van der Waals surface area contributed by atoms with Gasteiger partial charge in [-0.1, -0.05) is 18.2 Å². The van der Waals surface area contributed by atoms with E-state index in [0.717, 1.165) is 22.9 Å². The van der Waals surface area contributed by atoms with E-state index in [-0.39, 0.29) is 17.4 Å². The van der Waals surface area contributed by atoms with Crippen LogP contribution in [0.3, 0.4) is 0 Å². The summed E-state index contributed by atoms with van der Waals surface area (Å²) in [6, 6.07) is 14.6. The van der Waals surface area contributed by atoms with Crippen LogP contribution in [0.15, 0.2) is 54.6 Å². The van der Waals surface area contributed by atoms with Crippen LogP contribution in [0.2, 0.25) is 0 Å². The van der Waals surface area contributed by atoms with E-state index in [1.807, 2.05) is 0 Å². The normalized spacial score (nSPS) is 14.5. The predicted octanol–water partition coefficient (Wildman–Crippen LogP) is 5.26. The molecule has 0 N–H and O–H groups in total. The molecule has 7 heteroatoms. The number of hydrogen-bond donors (Lipinski definition) is 0. The zero-order chi connectivity index (χ0) is 20.8. The smallest absolute Gasteiger partial charge is 0.336 e. The van der Waals surface area contributed by atoms with Crippen LogP contribution in [-0.2, 0) is 6.18 Å². The second-order valence-corrected chi connectivity index (χ2v) is 7.04. The Kier molecular flexibility index (Phi) is 4.50. The molecule has 3 nitrogen and oxygen atoms in total. The summed E-state index contributed by atoms with van der Waals surface area (Å²) in [6.07, 6.45) is -4.63. The van der Waals surface area contributed by atoms with Gasteiger partial charge < -0.3 is 4.90 Å². The zero-order valence-corrected chi connectivity index (χ0v) is 15.0. The van der Waals surface area contributed by atoms with Gasteiger partial charge in [0.25, 0.3) is 5.91 Å². The topological polar surface area (TPSA) is 44.1 Å². The molecule has 1 fully saturated rings. The van der Waals surface area contributed by atoms with Crippen LogP contribution >= 0.6 is 0 Å². The maximum atomic E-state index is 13.7. The fourth-order valence-corrected chi connectivity index (χ4v) is 3.39. The minimum Gasteiger partial charge on any atom is -0.336 e. The van der Waals surface area contributed by atoms with E-state index in [2.05, 4.69) is 6.07 Å². The molecule has 1 aliphatic rings. The van der Waals surface area contributed by atoms with Gasteiger partial charge in [-0.3, -0.25) is 4.79 Å². The molecule has 1 aliphatic heterocycles. The maximum absolute atomic E-state index is 13.7. The van der Waals surface area contributed by atoms with Gasteiger partial charge in [-0.05, 0) is 58.3 Å². The summed E-state index contributed by atoms with van der Waals surface area (Å²) >= 11 is 0. The Hall–Kier alpha value is -3.40. The van der Waals surface area contributed by atoms with Gasteiger partial charge in [0.15, 0.2) is 0 Å². The average molecular weight is 398 g/mol. The van der Waals surface area contributed by atoms with E-state index in [0.29, 0.717) is 30.3 Å². The second kappa shape index (κ2) is 6.89. The van der Waals surface area contributed by atoms with Crippen LogP contribution in [0.4, 0.5) is 17.6 Å². The molecule has 146 valence electrons. The van der Waals surface area contributed by atoms with Gasteiger partial charge in [0.1, 0.15) is 5.82 Å². The van der Waals surface area contributed by atoms with Crippen molar-refractivity contribution in [3.05, 3.63) is 71.5 Å². The summed E-state index contributed by atoms with van der Waals surface area (Å²) in [4.78, 5) is 14.0. The van der Waals surface area contributed by atoms with E-state index in [4.69, 9.17) is 5.26 Å². The van der Waals surface area contributed by atoms with Crippen molar-refractivity contribution in [1.82, 2.24) is 4.90 Å². The van der Waals surface area contributed by atoms with Gasteiger partial charge in [-0.2, -0.15) is 18.4 Å². The number of nitriles is 1. The highest BCUT2D eigenvalue weighted by atomic mass is 19.4. The molecule has 0 atom stereocenters. The van der Waals surface area contributed by atoms with Gasteiger partial charge in [0, 0.05) is 18.7 Å². The molecule has 1 saturated heterocycles. The van der Waals surface area contributed by atoms with E-state index < -0.39 is 17.6 Å². The summed E-state index contributed by atoms with van der Waals surface area (Å²) in [7, 11) is 0. The minimum absolute atomic E-state index is 0.127. The van der Waals surface area contributed by atoms with Crippen molar-refractivity contribution in [1.29, 1.82) is 5.26 Å². The van der Waals surface area contributed by atoms with Crippen LogP contribution in [0.5, 0.6) is 0 Å². The van der Waals surface area contributed by atoms with Crippen molar-refractivity contribution in [3.63, 3.8) is 0 Å². The first-order valence-corrected chi connectivity index (χ1v) is 8.85. The fraction of sp³-hybridized carbons (Fsp3) is 0.182. The third kappa shape index (κ3) is 3.66. The zero-order valence-electron chi connectivity index (χ0n) is 15.0. The molecule has 3 aromatic rings. The van der Waals surface area contributed by atoms with Crippen LogP contribution in [0, 0.1) is 23.1 Å². The number of amides is 1. The predicted molar refractivity (Wildman–Crippen MR) is 99.4 cm³/mol. The lowest BCUT2D eigenvalue weighted by Gasteiger charge is -2.35. The van der Waals surface area contributed by atoms with E-state index in [1.54, 1.807) is 41.3 Å². The van der Waals surface area contributed by atoms with Gasteiger partial charge >= 0.3 is 6.18 Å². The maximum Gasteiger partial charge on any atom is 0.416 e. The first kappa shape index (κ1) is 18.9. The Balaban J connectivity index is 1.65. The summed E-state index contributed by atoms with van der Waals surface area (Å²) < 4.78 is 52.6. The van der Waals surface area contributed by atoms with E-state index >= 15 is 0 Å². The number of halogens is 4. The molecule has 1 heterocycles. The summed E-state index contributed by atoms with van der Waals surface area (Å²) in [5, 5.41) is 10.3. The molecular weight excluding hydrogens is 384 g/mol. The standard InChI is InChI=1S/C22H14F4N2O/c23-20-8-18(7-19(9-20)22(24,25)26)16-2-1-15-6-17(4-3-14(15)5-16)21(29)28-11-13(10-27)12-28/h1-9,13H,11-12H2. The van der Waals surface area contributed by atoms with Crippen molar-refractivity contribution in [2.24, 2.45) is 5.92 Å². The highest BCUT2D eigenvalue weighted by Crippen LogP contribution is 2.34. The van der Waals surface area contributed by atoms with Crippen LogP contribution in [0.1, 0.15) is 15.9 Å². The van der Waals surface area contributed by atoms with Gasteiger partial charge in [0.2, 0.25) is 0 Å². The van der Waals surface area contributed by atoms with Gasteiger partial charge in [-0.25, -0.2) is 4.39 Å². The Morgan fingerprint density at radius 2 is 1.66 bits per heavy atom. The van der Waals surface area contributed by atoms with Gasteiger partial charge in [-0.15, -0.1) is 0 Å². The molecule has 4 rings (SSSR count). The molecule has 0 bridgehead atoms. The van der Waals surface area contributed by atoms with Crippen LogP contribution < -0.4 is 0 Å². The lowest BCUT2D eigenvalue weighted by Crippen LogP contribution is -2.49. The first-order chi connectivity index (χ1) is 13.7. The summed E-state index contributed by atoms with van der Waals surface area (Å²) in [5.74, 6) is -1.25. The number of nitrogens with zero attached hydrogens (tertiary/aromatic N) is 2. The number of carbonyl (C=O) groups excluding carboxylic acids is 1. The minimum atomic E-state index is -4.63. The number of rotatable bonds is 2. The van der Waals surface area contributed by atoms with Crippen molar-refractivity contribution < 1.29 is 22.4 Å². The number of alkyl halides is 3. The number of fused-ring (bicyclic) bond motifs is 1. The summed E-state index contributed by atoms with van der Waals surface area (Å²) in [5.41, 5.74) is 0.00852. The SMILES string of the molecule is N#CC1CN(C(=O)c2ccc3cc(-c4cc(F)cc(C(F)(F)F)c4)ccc3c2)C1. The molecule has 0 saturated carbocycles. The summed E-state index contributed by atoms with van der Waals surface area (Å²) in [6.45, 7) is 0.820. The molecule has 0 unspecified atom stereocenters. The quantitative estimate of drug-likeness (QED) is 0.553. The molecular formula is C22H14F4N2O. The highest BCUT2D eigenvalue weighted by Gasteiger charge is 2.32. The van der Waals surface area contributed by atoms with Crippen molar-refractivity contribution in [2.75, 3.05) is 13.1 Å². The molecule has 3 aromatic carbocycles. The fourth-order valence-electron chi connectivity index (χ4n) is 3.39. The molecule has 29 heavy (non-hydrogen) atoms. The number of likely N-dealkylation sites (tertiary alicyclic amines) is 1. The number of hydrogen-bond acceptors (Lipinski definition) is 2. The third-order valence-corrected chi connectivity index (χ3v) is 5.00. The van der Waals surface area contributed by atoms with Crippen molar-refractivity contribution in [2.45, 2.75) is 6.18 Å². The molecule has 0 aliphatic carbocycles. The van der Waals surface area contributed by atoms with E-state index in [9.17, 15) is 22.4 Å². The van der Waals surface area contributed by atoms with E-state index in [1.165, 1.54) is 0 Å². The Labute approximate surface area is 163 Å². The van der Waals surface area contributed by atoms with Crippen molar-refractivity contribution >= 4 is 16.7 Å². The van der Waals surface area contributed by atoms with Gasteiger partial charge in [0.05, 0.1) is 17.6 Å². The molecule has 0 aromatic heterocycles. The Morgan fingerprint density at radius 1 is 0.966 bits per heavy atom. The largest absolute Gasteiger partial charge is 0.416 e. The Bertz CT molecular complexity index is 1160. The Morgan fingerprint density at radius 3 is 2.34 bits per heavy atom. The number of carbonyl (C=O) groups is 1. The second-order valence-electron chi connectivity index (χ2n) is 7.04. The highest BCUT2D eigenvalue weighted by molar-refractivity contribution is 5.99. The molecule has 0 spiro atoms. The van der Waals surface area contributed by atoms with Crippen LogP contribution in [0.25, 0.3) is 21.9 Å². The van der Waals surface area contributed by atoms with Crippen molar-refractivity contribution in [3.8, 4) is 17.2 Å². The monoisotopic (exact) mass is 398 g/mol.